The van der Waals surface area contributed by atoms with E-state index in [9.17, 15) is 9.59 Å². The number of carboxylic acid groups (broad SMARTS) is 1. The lowest BCUT2D eigenvalue weighted by atomic mass is 9.86. The van der Waals surface area contributed by atoms with Gasteiger partial charge in [-0.05, 0) is 31.7 Å². The molecule has 0 unspecified atom stereocenters. The summed E-state index contributed by atoms with van der Waals surface area (Å²) in [4.78, 5) is 23.9. The predicted octanol–water partition coefficient (Wildman–Crippen LogP) is 1.81. The quantitative estimate of drug-likeness (QED) is 0.428. The highest BCUT2D eigenvalue weighted by molar-refractivity contribution is 5.98. The zero-order valence-corrected chi connectivity index (χ0v) is 16.0. The van der Waals surface area contributed by atoms with Crippen LogP contribution in [0, 0.1) is 11.3 Å². The van der Waals surface area contributed by atoms with Crippen LogP contribution in [0.15, 0.2) is 30.3 Å². The maximum Gasteiger partial charge on any atom is 0.306 e. The average molecular weight is 397 g/mol. The van der Waals surface area contributed by atoms with Gasteiger partial charge < -0.3 is 20.9 Å². The first-order valence-electron chi connectivity index (χ1n) is 9.29. The minimum absolute atomic E-state index is 0.0324. The number of nitrogens with one attached hydrogen (secondary N) is 2. The van der Waals surface area contributed by atoms with Gasteiger partial charge in [0.25, 0.3) is 5.91 Å². The van der Waals surface area contributed by atoms with E-state index >= 15 is 0 Å². The number of nitrogens with zero attached hydrogens (tertiary/aromatic N) is 2. The zero-order chi connectivity index (χ0) is 21.0. The molecule has 1 heterocycles. The van der Waals surface area contributed by atoms with E-state index < -0.39 is 5.97 Å². The van der Waals surface area contributed by atoms with Gasteiger partial charge in [0, 0.05) is 17.2 Å². The number of benzene rings is 1. The number of methoxy groups -OCH3 is 1. The van der Waals surface area contributed by atoms with Gasteiger partial charge in [-0.2, -0.15) is 0 Å². The van der Waals surface area contributed by atoms with E-state index in [0.29, 0.717) is 36.9 Å². The predicted molar refractivity (Wildman–Crippen MR) is 106 cm³/mol. The Bertz CT molecular complexity index is 921. The van der Waals surface area contributed by atoms with Gasteiger partial charge in [0.2, 0.25) is 5.88 Å². The second-order valence-electron chi connectivity index (χ2n) is 7.00. The Hall–Kier alpha value is -3.49. The Morgan fingerprint density at radius 2 is 1.83 bits per heavy atom. The van der Waals surface area contributed by atoms with Crippen molar-refractivity contribution in [3.05, 3.63) is 41.5 Å². The summed E-state index contributed by atoms with van der Waals surface area (Å²) in [6.45, 7) is 0. The van der Waals surface area contributed by atoms with Gasteiger partial charge in [-0.1, -0.05) is 24.3 Å². The number of carbonyl (C=O) groups excluding carboxylic acids is 1. The van der Waals surface area contributed by atoms with E-state index in [4.69, 9.17) is 21.0 Å². The van der Waals surface area contributed by atoms with Gasteiger partial charge in [0.1, 0.15) is 11.4 Å². The van der Waals surface area contributed by atoms with E-state index in [0.717, 1.165) is 5.56 Å². The van der Waals surface area contributed by atoms with Crippen molar-refractivity contribution in [2.75, 3.05) is 7.11 Å². The summed E-state index contributed by atoms with van der Waals surface area (Å²) in [7, 11) is 1.42. The number of aromatic nitrogens is 2. The molecule has 0 radical (unpaired) electrons. The second-order valence-corrected chi connectivity index (χ2v) is 7.00. The van der Waals surface area contributed by atoms with Crippen molar-refractivity contribution >= 4 is 17.7 Å². The molecule has 1 saturated carbocycles. The van der Waals surface area contributed by atoms with E-state index in [1.165, 1.54) is 7.11 Å². The fraction of sp³-hybridized carbons (Fsp3) is 0.350. The number of hydrogen-bond acceptors (Lipinski definition) is 6. The van der Waals surface area contributed by atoms with Crippen molar-refractivity contribution in [2.45, 2.75) is 31.7 Å². The first kappa shape index (κ1) is 20.2. The number of hydrogen-bond donors (Lipinski definition) is 4. The van der Waals surface area contributed by atoms with Gasteiger partial charge >= 0.3 is 5.97 Å². The van der Waals surface area contributed by atoms with Crippen LogP contribution in [-0.4, -0.2) is 46.2 Å². The van der Waals surface area contributed by atoms with Crippen LogP contribution in [0.3, 0.4) is 0 Å². The first-order valence-corrected chi connectivity index (χ1v) is 9.29. The highest BCUT2D eigenvalue weighted by Gasteiger charge is 2.28. The van der Waals surface area contributed by atoms with Crippen LogP contribution in [0.2, 0.25) is 0 Å². The van der Waals surface area contributed by atoms with E-state index in [-0.39, 0.29) is 35.1 Å². The highest BCUT2D eigenvalue weighted by atomic mass is 16.5. The van der Waals surface area contributed by atoms with Crippen molar-refractivity contribution in [2.24, 2.45) is 11.7 Å². The van der Waals surface area contributed by atoms with Gasteiger partial charge in [0.05, 0.1) is 18.7 Å². The molecule has 0 saturated heterocycles. The van der Waals surface area contributed by atoms with Crippen LogP contribution in [0.1, 0.15) is 41.6 Å². The normalized spacial score (nSPS) is 18.7. The zero-order valence-electron chi connectivity index (χ0n) is 16.0. The Labute approximate surface area is 167 Å². The van der Waals surface area contributed by atoms with Gasteiger partial charge in [-0.3, -0.25) is 15.0 Å². The number of ether oxygens (including phenoxy) is 1. The molecule has 9 heteroatoms. The van der Waals surface area contributed by atoms with Crippen LogP contribution in [0.4, 0.5) is 0 Å². The van der Waals surface area contributed by atoms with Crippen molar-refractivity contribution in [1.82, 2.24) is 15.5 Å². The minimum atomic E-state index is -0.782. The largest absolute Gasteiger partial charge is 0.481 e. The molecular formula is C20H23N5O4. The molecule has 1 aliphatic rings. The molecule has 0 atom stereocenters. The van der Waals surface area contributed by atoms with E-state index in [1.54, 1.807) is 30.3 Å². The molecule has 9 nitrogen and oxygen atoms in total. The lowest BCUT2D eigenvalue weighted by Crippen LogP contribution is -2.39. The van der Waals surface area contributed by atoms with Crippen molar-refractivity contribution in [3.63, 3.8) is 0 Å². The molecule has 152 valence electrons. The molecule has 2 aromatic rings. The highest BCUT2D eigenvalue weighted by Crippen LogP contribution is 2.26. The molecule has 0 spiro atoms. The number of carboxylic acids is 1. The summed E-state index contributed by atoms with van der Waals surface area (Å²) in [5, 5.41) is 27.6. The van der Waals surface area contributed by atoms with Crippen LogP contribution in [-0.2, 0) is 4.79 Å². The first-order chi connectivity index (χ1) is 13.9. The number of rotatable bonds is 6. The fourth-order valence-corrected chi connectivity index (χ4v) is 3.40. The number of aliphatic carboxylic acids is 1. The number of nitrogens with two attached hydrogens (primary N) is 1. The maximum atomic E-state index is 12.8. The topological polar surface area (TPSA) is 151 Å². The second kappa shape index (κ2) is 8.68. The Balaban J connectivity index is 1.77. The summed E-state index contributed by atoms with van der Waals surface area (Å²) in [6, 6.07) is 8.42. The summed E-state index contributed by atoms with van der Waals surface area (Å²) in [5.41, 5.74) is 7.53. The third-order valence-electron chi connectivity index (χ3n) is 5.10. The van der Waals surface area contributed by atoms with E-state index in [2.05, 4.69) is 15.5 Å². The maximum absolute atomic E-state index is 12.8. The molecular weight excluding hydrogens is 374 g/mol. The van der Waals surface area contributed by atoms with Crippen LogP contribution in [0.25, 0.3) is 11.3 Å². The smallest absolute Gasteiger partial charge is 0.306 e. The molecule has 29 heavy (non-hydrogen) atoms. The lowest BCUT2D eigenvalue weighted by Gasteiger charge is -2.26. The number of carbonyl (C=O) groups is 2. The average Bonchev–Trinajstić information content (AvgIpc) is 2.73. The summed E-state index contributed by atoms with van der Waals surface area (Å²) in [6.07, 6.45) is 2.31. The molecule has 0 aliphatic heterocycles. The molecule has 0 bridgehead atoms. The summed E-state index contributed by atoms with van der Waals surface area (Å²) < 4.78 is 5.19. The SMILES string of the molecule is COc1nnc(-c2ccc(C(=N)N)cc2)cc1C(=O)NC1CCC(C(=O)O)CC1. The number of nitrogen functional groups attached to an aromatic ring is 1. The summed E-state index contributed by atoms with van der Waals surface area (Å²) in [5.74, 6) is -1.38. The standard InChI is InChI=1S/C20H23N5O4/c1-29-19-15(18(26)23-14-8-6-13(7-9-14)20(27)28)10-16(24-25-19)11-2-4-12(5-3-11)17(21)22/h2-5,10,13-14H,6-9H2,1H3,(H3,21,22)(H,23,26)(H,27,28). The molecule has 3 rings (SSSR count). The van der Waals surface area contributed by atoms with Gasteiger partial charge in [-0.15, -0.1) is 10.2 Å². The van der Waals surface area contributed by atoms with Crippen LogP contribution in [0.5, 0.6) is 5.88 Å². The molecule has 5 N–H and O–H groups in total. The Morgan fingerprint density at radius 1 is 1.17 bits per heavy atom. The third-order valence-corrected chi connectivity index (χ3v) is 5.10. The molecule has 1 amide bonds. The van der Waals surface area contributed by atoms with Crippen molar-refractivity contribution in [1.29, 1.82) is 5.41 Å². The van der Waals surface area contributed by atoms with Crippen LogP contribution >= 0.6 is 0 Å². The summed E-state index contributed by atoms with van der Waals surface area (Å²) >= 11 is 0. The molecule has 1 aromatic carbocycles. The van der Waals surface area contributed by atoms with Crippen molar-refractivity contribution in [3.8, 4) is 17.1 Å². The number of amides is 1. The molecule has 1 aliphatic carbocycles. The molecule has 1 aromatic heterocycles. The Kier molecular flexibility index (Phi) is 6.06. The third kappa shape index (κ3) is 4.68. The minimum Gasteiger partial charge on any atom is -0.481 e. The fourth-order valence-electron chi connectivity index (χ4n) is 3.40. The molecule has 1 fully saturated rings. The monoisotopic (exact) mass is 397 g/mol. The van der Waals surface area contributed by atoms with Crippen LogP contribution < -0.4 is 15.8 Å². The lowest BCUT2D eigenvalue weighted by molar-refractivity contribution is -0.142. The van der Waals surface area contributed by atoms with E-state index in [1.807, 2.05) is 0 Å². The van der Waals surface area contributed by atoms with Crippen molar-refractivity contribution < 1.29 is 19.4 Å². The number of amidine groups is 1. The van der Waals surface area contributed by atoms with Gasteiger partial charge in [0.15, 0.2) is 0 Å². The Morgan fingerprint density at radius 3 is 2.38 bits per heavy atom. The van der Waals surface area contributed by atoms with Gasteiger partial charge in [-0.25, -0.2) is 0 Å².